The Morgan fingerprint density at radius 3 is 2.71 bits per heavy atom. The molecule has 0 aromatic heterocycles. The van der Waals surface area contributed by atoms with Crippen LogP contribution in [0.3, 0.4) is 0 Å². The molecule has 17 heavy (non-hydrogen) atoms. The standard InChI is InChI=1S/C11H14BrNO4/c1-11(2,14)6-7-17-10-8(12)4-3-5-9(10)13(15)16/h3-5,14H,6-7H2,1-2H3. The van der Waals surface area contributed by atoms with E-state index in [1.165, 1.54) is 6.07 Å². The van der Waals surface area contributed by atoms with Gasteiger partial charge in [-0.15, -0.1) is 0 Å². The molecular weight excluding hydrogens is 290 g/mol. The zero-order valence-corrected chi connectivity index (χ0v) is 11.2. The summed E-state index contributed by atoms with van der Waals surface area (Å²) in [7, 11) is 0. The van der Waals surface area contributed by atoms with E-state index < -0.39 is 10.5 Å². The van der Waals surface area contributed by atoms with Crippen LogP contribution in [0.1, 0.15) is 20.3 Å². The summed E-state index contributed by atoms with van der Waals surface area (Å²) in [5, 5.41) is 20.3. The molecular formula is C11H14BrNO4. The highest BCUT2D eigenvalue weighted by atomic mass is 79.9. The largest absolute Gasteiger partial charge is 0.486 e. The molecule has 6 heteroatoms. The van der Waals surface area contributed by atoms with Crippen LogP contribution in [-0.4, -0.2) is 22.2 Å². The van der Waals surface area contributed by atoms with E-state index in [0.717, 1.165) is 0 Å². The molecule has 1 rings (SSSR count). The average Bonchev–Trinajstić information content (AvgIpc) is 2.18. The van der Waals surface area contributed by atoms with E-state index in [-0.39, 0.29) is 18.0 Å². The molecule has 0 amide bonds. The Labute approximate surface area is 108 Å². The Morgan fingerprint density at radius 2 is 2.18 bits per heavy atom. The number of aliphatic hydroxyl groups is 1. The Balaban J connectivity index is 2.79. The Hall–Kier alpha value is -1.14. The molecule has 0 unspecified atom stereocenters. The summed E-state index contributed by atoms with van der Waals surface area (Å²) in [5.41, 5.74) is -0.939. The van der Waals surface area contributed by atoms with Crippen LogP contribution in [0, 0.1) is 10.1 Å². The summed E-state index contributed by atoms with van der Waals surface area (Å²) in [6.07, 6.45) is 0.394. The number of hydrogen-bond donors (Lipinski definition) is 1. The van der Waals surface area contributed by atoms with Crippen molar-refractivity contribution < 1.29 is 14.8 Å². The zero-order valence-electron chi connectivity index (χ0n) is 9.64. The molecule has 0 saturated heterocycles. The number of nitro benzene ring substituents is 1. The number of halogens is 1. The number of nitrogens with zero attached hydrogens (tertiary/aromatic N) is 1. The topological polar surface area (TPSA) is 72.6 Å². The molecule has 0 saturated carbocycles. The molecule has 0 bridgehead atoms. The lowest BCUT2D eigenvalue weighted by Gasteiger charge is -2.17. The maximum atomic E-state index is 10.8. The number of ether oxygens (including phenoxy) is 1. The first-order chi connectivity index (χ1) is 7.81. The summed E-state index contributed by atoms with van der Waals surface area (Å²) < 4.78 is 5.89. The van der Waals surface area contributed by atoms with Crippen LogP contribution in [-0.2, 0) is 0 Å². The first-order valence-corrected chi connectivity index (χ1v) is 5.88. The van der Waals surface area contributed by atoms with Crippen molar-refractivity contribution in [2.75, 3.05) is 6.61 Å². The SMILES string of the molecule is CC(C)(O)CCOc1c(Br)cccc1[N+](=O)[O-]. The predicted molar refractivity (Wildman–Crippen MR) is 67.2 cm³/mol. The molecule has 0 fully saturated rings. The van der Waals surface area contributed by atoms with E-state index >= 15 is 0 Å². The van der Waals surface area contributed by atoms with Crippen molar-refractivity contribution in [3.05, 3.63) is 32.8 Å². The minimum atomic E-state index is -0.851. The number of nitro groups is 1. The molecule has 1 N–H and O–H groups in total. The summed E-state index contributed by atoms with van der Waals surface area (Å²) >= 11 is 3.20. The Kier molecular flexibility index (Phi) is 4.47. The van der Waals surface area contributed by atoms with Crippen molar-refractivity contribution in [1.82, 2.24) is 0 Å². The van der Waals surface area contributed by atoms with Gasteiger partial charge in [-0.25, -0.2) is 0 Å². The van der Waals surface area contributed by atoms with Crippen LogP contribution in [0.4, 0.5) is 5.69 Å². The van der Waals surface area contributed by atoms with E-state index in [1.807, 2.05) is 0 Å². The highest BCUT2D eigenvalue weighted by Crippen LogP contribution is 2.34. The van der Waals surface area contributed by atoms with Gasteiger partial charge in [0.05, 0.1) is 21.6 Å². The number of hydrogen-bond acceptors (Lipinski definition) is 4. The number of rotatable bonds is 5. The summed E-state index contributed by atoms with van der Waals surface area (Å²) in [4.78, 5) is 10.3. The first kappa shape index (κ1) is 13.9. The Bertz CT molecular complexity index is 414. The van der Waals surface area contributed by atoms with Gasteiger partial charge in [0.2, 0.25) is 5.75 Å². The maximum absolute atomic E-state index is 10.8. The molecule has 0 heterocycles. The molecule has 0 aliphatic carbocycles. The fourth-order valence-corrected chi connectivity index (χ4v) is 1.66. The van der Waals surface area contributed by atoms with Gasteiger partial charge in [0.25, 0.3) is 0 Å². The highest BCUT2D eigenvalue weighted by Gasteiger charge is 2.19. The van der Waals surface area contributed by atoms with Crippen molar-refractivity contribution in [3.8, 4) is 5.75 Å². The normalized spacial score (nSPS) is 11.3. The van der Waals surface area contributed by atoms with Gasteiger partial charge in [-0.2, -0.15) is 0 Å². The third-order valence-electron chi connectivity index (χ3n) is 2.10. The summed E-state index contributed by atoms with van der Waals surface area (Å²) in [6.45, 7) is 3.53. The quantitative estimate of drug-likeness (QED) is 0.670. The number of benzene rings is 1. The fourth-order valence-electron chi connectivity index (χ4n) is 1.19. The molecule has 0 aliphatic heterocycles. The van der Waals surface area contributed by atoms with Crippen molar-refractivity contribution >= 4 is 21.6 Å². The predicted octanol–water partition coefficient (Wildman–Crippen LogP) is 2.90. The minimum Gasteiger partial charge on any atom is -0.486 e. The van der Waals surface area contributed by atoms with Gasteiger partial charge in [0.1, 0.15) is 0 Å². The van der Waals surface area contributed by atoms with Gasteiger partial charge in [-0.05, 0) is 35.8 Å². The van der Waals surface area contributed by atoms with Crippen LogP contribution in [0.15, 0.2) is 22.7 Å². The van der Waals surface area contributed by atoms with Gasteiger partial charge in [-0.1, -0.05) is 6.07 Å². The lowest BCUT2D eigenvalue weighted by molar-refractivity contribution is -0.386. The van der Waals surface area contributed by atoms with E-state index in [4.69, 9.17) is 4.74 Å². The van der Waals surface area contributed by atoms with E-state index in [2.05, 4.69) is 15.9 Å². The molecule has 0 aliphatic rings. The second-order valence-corrected chi connectivity index (χ2v) is 5.11. The third kappa shape index (κ3) is 4.32. The molecule has 0 radical (unpaired) electrons. The van der Waals surface area contributed by atoms with E-state index in [9.17, 15) is 15.2 Å². The fraction of sp³-hybridized carbons (Fsp3) is 0.455. The first-order valence-electron chi connectivity index (χ1n) is 5.09. The summed E-state index contributed by atoms with van der Waals surface area (Å²) in [6, 6.07) is 4.63. The van der Waals surface area contributed by atoms with Crippen molar-refractivity contribution in [1.29, 1.82) is 0 Å². The molecule has 1 aromatic rings. The van der Waals surface area contributed by atoms with Gasteiger partial charge in [-0.3, -0.25) is 10.1 Å². The van der Waals surface area contributed by atoms with Crippen LogP contribution >= 0.6 is 15.9 Å². The molecule has 0 atom stereocenters. The molecule has 1 aromatic carbocycles. The van der Waals surface area contributed by atoms with E-state index in [0.29, 0.717) is 10.9 Å². The third-order valence-corrected chi connectivity index (χ3v) is 2.73. The second-order valence-electron chi connectivity index (χ2n) is 4.26. The minimum absolute atomic E-state index is 0.0879. The van der Waals surface area contributed by atoms with Crippen molar-refractivity contribution in [2.45, 2.75) is 25.9 Å². The lowest BCUT2D eigenvalue weighted by atomic mass is 10.1. The van der Waals surface area contributed by atoms with E-state index in [1.54, 1.807) is 26.0 Å². The second kappa shape index (κ2) is 5.46. The van der Waals surface area contributed by atoms with Crippen LogP contribution in [0.25, 0.3) is 0 Å². The van der Waals surface area contributed by atoms with Crippen molar-refractivity contribution in [3.63, 3.8) is 0 Å². The van der Waals surface area contributed by atoms with Crippen LogP contribution in [0.2, 0.25) is 0 Å². The molecule has 5 nitrogen and oxygen atoms in total. The average molecular weight is 304 g/mol. The molecule has 0 spiro atoms. The maximum Gasteiger partial charge on any atom is 0.312 e. The van der Waals surface area contributed by atoms with Crippen molar-refractivity contribution in [2.24, 2.45) is 0 Å². The van der Waals surface area contributed by atoms with Gasteiger partial charge < -0.3 is 9.84 Å². The lowest BCUT2D eigenvalue weighted by Crippen LogP contribution is -2.22. The molecule has 94 valence electrons. The van der Waals surface area contributed by atoms with Gasteiger partial charge in [0.15, 0.2) is 0 Å². The summed E-state index contributed by atoms with van der Waals surface area (Å²) in [5.74, 6) is 0.196. The zero-order chi connectivity index (χ0) is 13.1. The van der Waals surface area contributed by atoms with Gasteiger partial charge >= 0.3 is 5.69 Å². The van der Waals surface area contributed by atoms with Crippen LogP contribution < -0.4 is 4.74 Å². The monoisotopic (exact) mass is 303 g/mol. The highest BCUT2D eigenvalue weighted by molar-refractivity contribution is 9.10. The smallest absolute Gasteiger partial charge is 0.312 e. The van der Waals surface area contributed by atoms with Crippen LogP contribution in [0.5, 0.6) is 5.75 Å². The number of para-hydroxylation sites is 1. The Morgan fingerprint density at radius 1 is 1.53 bits per heavy atom. The van der Waals surface area contributed by atoms with Gasteiger partial charge in [0, 0.05) is 12.5 Å².